The molecule has 0 saturated carbocycles. The number of urea groups is 1. The Labute approximate surface area is 172 Å². The number of carbonyl (C=O) groups is 4. The van der Waals surface area contributed by atoms with Gasteiger partial charge in [0.15, 0.2) is 11.8 Å². The van der Waals surface area contributed by atoms with Crippen molar-refractivity contribution in [3.63, 3.8) is 0 Å². The number of nitrogens with zero attached hydrogens (tertiary/aromatic N) is 2. The fourth-order valence-electron chi connectivity index (χ4n) is 3.01. The number of hydrogen-bond acceptors (Lipinski definition) is 5. The van der Waals surface area contributed by atoms with Crippen molar-refractivity contribution in [1.82, 2.24) is 20.5 Å². The van der Waals surface area contributed by atoms with Gasteiger partial charge < -0.3 is 20.6 Å². The number of amides is 3. The van der Waals surface area contributed by atoms with Gasteiger partial charge in [0, 0.05) is 37.3 Å². The first-order chi connectivity index (χ1) is 14.3. The molecule has 30 heavy (non-hydrogen) atoms. The minimum absolute atomic E-state index is 0.403. The zero-order valence-corrected chi connectivity index (χ0v) is 16.1. The second kappa shape index (κ2) is 8.99. The summed E-state index contributed by atoms with van der Waals surface area (Å²) < 4.78 is 0. The summed E-state index contributed by atoms with van der Waals surface area (Å²) in [5.74, 6) is -2.27. The van der Waals surface area contributed by atoms with Crippen molar-refractivity contribution in [3.05, 3.63) is 66.6 Å². The summed E-state index contributed by atoms with van der Waals surface area (Å²) in [6, 6.07) is 8.01. The second-order valence-electron chi connectivity index (χ2n) is 6.74. The summed E-state index contributed by atoms with van der Waals surface area (Å²) in [5, 5.41) is 14.1. The van der Waals surface area contributed by atoms with E-state index in [1.54, 1.807) is 12.3 Å². The van der Waals surface area contributed by atoms with E-state index in [4.69, 9.17) is 0 Å². The molecule has 2 heterocycles. The Bertz CT molecular complexity index is 1010. The molecule has 0 aliphatic carbocycles. The van der Waals surface area contributed by atoms with Crippen molar-refractivity contribution >= 4 is 23.7 Å². The minimum atomic E-state index is -1.36. The first-order valence-corrected chi connectivity index (χ1v) is 9.13. The predicted octanol–water partition coefficient (Wildman–Crippen LogP) is 1.49. The molecule has 9 nitrogen and oxygen atoms in total. The summed E-state index contributed by atoms with van der Waals surface area (Å²) in [6.45, 7) is 0. The molecular weight excluding hydrogens is 388 g/mol. The van der Waals surface area contributed by atoms with E-state index in [-0.39, 0.29) is 0 Å². The van der Waals surface area contributed by atoms with Crippen LogP contribution in [-0.4, -0.2) is 51.8 Å². The standard InChI is InChI=1S/C21H20N4O5/c1-25-8-7-17(26)19(20(25)29)24-21(30)23-16(10-18(27)28)15-9-14(11-22-12-15)13-5-3-2-4-6-13/h2-9,11-12,16,19H,10H2,1H3,(H,27,28)(H2,23,24,30). The molecule has 1 aromatic carbocycles. The number of nitrogens with one attached hydrogen (secondary N) is 2. The zero-order valence-electron chi connectivity index (χ0n) is 16.1. The molecule has 2 atom stereocenters. The first-order valence-electron chi connectivity index (χ1n) is 9.13. The van der Waals surface area contributed by atoms with E-state index in [2.05, 4.69) is 15.6 Å². The van der Waals surface area contributed by atoms with Crippen LogP contribution in [-0.2, 0) is 14.4 Å². The Morgan fingerprint density at radius 3 is 2.60 bits per heavy atom. The van der Waals surface area contributed by atoms with E-state index in [1.165, 1.54) is 30.4 Å². The Kier molecular flexibility index (Phi) is 6.21. The molecule has 0 fully saturated rings. The van der Waals surface area contributed by atoms with Gasteiger partial charge in [-0.3, -0.25) is 19.4 Å². The van der Waals surface area contributed by atoms with E-state index < -0.39 is 42.2 Å². The van der Waals surface area contributed by atoms with Gasteiger partial charge >= 0.3 is 12.0 Å². The highest BCUT2D eigenvalue weighted by molar-refractivity contribution is 6.14. The SMILES string of the molecule is CN1C=CC(=O)C(NC(=O)NC(CC(=O)O)c2cncc(-c3ccccc3)c2)C1=O. The summed E-state index contributed by atoms with van der Waals surface area (Å²) >= 11 is 0. The average Bonchev–Trinajstić information content (AvgIpc) is 2.74. The number of ketones is 1. The largest absolute Gasteiger partial charge is 0.481 e. The van der Waals surface area contributed by atoms with Gasteiger partial charge in [-0.2, -0.15) is 0 Å². The third kappa shape index (κ3) is 4.88. The van der Waals surface area contributed by atoms with Gasteiger partial charge in [0.1, 0.15) is 0 Å². The molecular formula is C21H20N4O5. The van der Waals surface area contributed by atoms with Crippen LogP contribution in [0.4, 0.5) is 4.79 Å². The number of carboxylic acids is 1. The maximum absolute atomic E-state index is 12.4. The second-order valence-corrected chi connectivity index (χ2v) is 6.74. The molecule has 3 rings (SSSR count). The monoisotopic (exact) mass is 408 g/mol. The van der Waals surface area contributed by atoms with E-state index in [0.29, 0.717) is 5.56 Å². The maximum Gasteiger partial charge on any atom is 0.316 e. The van der Waals surface area contributed by atoms with Gasteiger partial charge in [-0.25, -0.2) is 4.79 Å². The number of rotatable bonds is 6. The van der Waals surface area contributed by atoms with Crippen molar-refractivity contribution in [3.8, 4) is 11.1 Å². The van der Waals surface area contributed by atoms with Crippen LogP contribution in [0.1, 0.15) is 18.0 Å². The van der Waals surface area contributed by atoms with Crippen molar-refractivity contribution in [2.45, 2.75) is 18.5 Å². The Morgan fingerprint density at radius 2 is 1.90 bits per heavy atom. The molecule has 2 aromatic rings. The molecule has 3 amide bonds. The molecule has 9 heteroatoms. The topological polar surface area (TPSA) is 129 Å². The third-order valence-electron chi connectivity index (χ3n) is 4.57. The molecule has 3 N–H and O–H groups in total. The molecule has 0 radical (unpaired) electrons. The molecule has 0 saturated heterocycles. The van der Waals surface area contributed by atoms with Gasteiger partial charge in [-0.15, -0.1) is 0 Å². The predicted molar refractivity (Wildman–Crippen MR) is 107 cm³/mol. The molecule has 1 aliphatic heterocycles. The van der Waals surface area contributed by atoms with Crippen LogP contribution >= 0.6 is 0 Å². The number of pyridine rings is 1. The third-order valence-corrected chi connectivity index (χ3v) is 4.57. The highest BCUT2D eigenvalue weighted by Gasteiger charge is 2.32. The molecule has 0 bridgehead atoms. The van der Waals surface area contributed by atoms with Crippen molar-refractivity contribution < 1.29 is 24.3 Å². The van der Waals surface area contributed by atoms with Gasteiger partial charge in [-0.1, -0.05) is 30.3 Å². The molecule has 1 aromatic heterocycles. The fourth-order valence-corrected chi connectivity index (χ4v) is 3.01. The lowest BCUT2D eigenvalue weighted by atomic mass is 10.0. The zero-order chi connectivity index (χ0) is 21.7. The molecule has 0 spiro atoms. The fraction of sp³-hybridized carbons (Fsp3) is 0.190. The smallest absolute Gasteiger partial charge is 0.316 e. The van der Waals surface area contributed by atoms with Gasteiger partial charge in [0.25, 0.3) is 5.91 Å². The number of hydrogen-bond donors (Lipinski definition) is 3. The lowest BCUT2D eigenvalue weighted by Gasteiger charge is -2.25. The van der Waals surface area contributed by atoms with Crippen molar-refractivity contribution in [2.75, 3.05) is 7.05 Å². The summed E-state index contributed by atoms with van der Waals surface area (Å²) in [7, 11) is 1.46. The highest BCUT2D eigenvalue weighted by Crippen LogP contribution is 2.23. The minimum Gasteiger partial charge on any atom is -0.481 e. The van der Waals surface area contributed by atoms with Gasteiger partial charge in [0.05, 0.1) is 12.5 Å². The number of carbonyl (C=O) groups excluding carboxylic acids is 3. The van der Waals surface area contributed by atoms with Crippen LogP contribution in [0.5, 0.6) is 0 Å². The van der Waals surface area contributed by atoms with Crippen LogP contribution in [0.15, 0.2) is 61.1 Å². The maximum atomic E-state index is 12.4. The van der Waals surface area contributed by atoms with Crippen LogP contribution in [0.3, 0.4) is 0 Å². The lowest BCUT2D eigenvalue weighted by molar-refractivity contribution is -0.138. The molecule has 154 valence electrons. The quantitative estimate of drug-likeness (QED) is 0.621. The van der Waals surface area contributed by atoms with E-state index >= 15 is 0 Å². The first kappa shape index (κ1) is 20.7. The highest BCUT2D eigenvalue weighted by atomic mass is 16.4. The number of likely N-dealkylation sites (N-methyl/N-ethyl adjacent to an activating group) is 1. The van der Waals surface area contributed by atoms with Crippen LogP contribution in [0, 0.1) is 0 Å². The molecule has 1 aliphatic rings. The van der Waals surface area contributed by atoms with E-state index in [9.17, 15) is 24.3 Å². The van der Waals surface area contributed by atoms with Crippen molar-refractivity contribution in [1.29, 1.82) is 0 Å². The van der Waals surface area contributed by atoms with Gasteiger partial charge in [-0.05, 0) is 17.2 Å². The Hall–Kier alpha value is -4.01. The van der Waals surface area contributed by atoms with Crippen LogP contribution in [0.25, 0.3) is 11.1 Å². The summed E-state index contributed by atoms with van der Waals surface area (Å²) in [6.07, 6.45) is 5.20. The van der Waals surface area contributed by atoms with Crippen molar-refractivity contribution in [2.24, 2.45) is 0 Å². The van der Waals surface area contributed by atoms with E-state index in [0.717, 1.165) is 11.1 Å². The van der Waals surface area contributed by atoms with Crippen LogP contribution in [0.2, 0.25) is 0 Å². The number of carboxylic acid groups (broad SMARTS) is 1. The number of aromatic nitrogens is 1. The van der Waals surface area contributed by atoms with Crippen LogP contribution < -0.4 is 10.6 Å². The number of aliphatic carboxylic acids is 1. The molecule has 2 unspecified atom stereocenters. The Balaban J connectivity index is 1.79. The van der Waals surface area contributed by atoms with E-state index in [1.807, 2.05) is 30.3 Å². The summed E-state index contributed by atoms with van der Waals surface area (Å²) in [5.41, 5.74) is 2.13. The van der Waals surface area contributed by atoms with Gasteiger partial charge in [0.2, 0.25) is 0 Å². The lowest BCUT2D eigenvalue weighted by Crippen LogP contribution is -2.55. The summed E-state index contributed by atoms with van der Waals surface area (Å²) in [4.78, 5) is 53.2. The normalized spacial score (nSPS) is 16.8. The average molecular weight is 408 g/mol. The number of benzene rings is 1. The Morgan fingerprint density at radius 1 is 1.17 bits per heavy atom.